The Morgan fingerprint density at radius 1 is 0.240 bits per heavy atom. The Kier molecular flexibility index (Phi) is 84.2. The van der Waals surface area contributed by atoms with Gasteiger partial charge in [0.25, 0.3) is 0 Å². The summed E-state index contributed by atoms with van der Waals surface area (Å²) in [7, 11) is 0. The van der Waals surface area contributed by atoms with Crippen LogP contribution in [-0.2, 0) is 19.1 Å². The number of hydrogen-bond donors (Lipinski definition) is 1. The van der Waals surface area contributed by atoms with Crippen LogP contribution in [0.25, 0.3) is 0 Å². The van der Waals surface area contributed by atoms with Crippen LogP contribution in [0.1, 0.15) is 476 Å². The number of rotatable bonds is 82. The average molecular weight is 1340 g/mol. The van der Waals surface area contributed by atoms with Crippen molar-refractivity contribution in [1.82, 2.24) is 0 Å². The molecule has 0 aromatic heterocycles. The Bertz CT molecular complexity index is 1670. The first-order valence-corrected chi connectivity index (χ1v) is 43.5. The average Bonchev–Trinajstić information content (AvgIpc) is 3.73. The molecule has 0 radical (unpaired) electrons. The van der Waals surface area contributed by atoms with Crippen LogP contribution in [-0.4, -0.2) is 36.4 Å². The molecule has 562 valence electrons. The zero-order valence-corrected chi connectivity index (χ0v) is 64.9. The maximum atomic E-state index is 12.4. The Morgan fingerprint density at radius 2 is 0.417 bits per heavy atom. The molecule has 5 nitrogen and oxygen atoms in total. The first-order chi connectivity index (χ1) is 47.6. The SMILES string of the molecule is CCCCCCC/C=C\C/C=C\C/C=C\CCCCCCCCCCCCCCCCCCCCCCCCCCCCC(=O)OCC(CO)OC(=O)CCCCCCCCCCCCCCCCCCCCCCCCCCCC/C=C\C/C=C\C/C=C\CCCCCCC. The first-order valence-electron chi connectivity index (χ1n) is 43.5. The van der Waals surface area contributed by atoms with Gasteiger partial charge in [0.15, 0.2) is 6.10 Å². The van der Waals surface area contributed by atoms with E-state index in [1.54, 1.807) is 0 Å². The van der Waals surface area contributed by atoms with Crippen LogP contribution >= 0.6 is 0 Å². The van der Waals surface area contributed by atoms with Gasteiger partial charge >= 0.3 is 11.9 Å². The minimum atomic E-state index is -0.772. The van der Waals surface area contributed by atoms with Crippen molar-refractivity contribution in [3.63, 3.8) is 0 Å². The topological polar surface area (TPSA) is 72.8 Å². The molecule has 96 heavy (non-hydrogen) atoms. The number of aliphatic hydroxyl groups excluding tert-OH is 1. The van der Waals surface area contributed by atoms with Gasteiger partial charge in [-0.3, -0.25) is 9.59 Å². The van der Waals surface area contributed by atoms with Crippen molar-refractivity contribution in [2.75, 3.05) is 13.2 Å². The summed E-state index contributed by atoms with van der Waals surface area (Å²) in [5.41, 5.74) is 0. The summed E-state index contributed by atoms with van der Waals surface area (Å²) in [4.78, 5) is 24.8. The number of carbonyl (C=O) groups excluding carboxylic acids is 2. The number of unbranched alkanes of at least 4 members (excludes halogenated alkanes) is 62. The standard InChI is InChI=1S/C91H168O5/c1-3-5-7-9-11-13-15-17-19-21-23-25-27-29-31-33-35-37-39-41-43-45-47-49-51-53-55-57-59-61-63-65-67-69-71-73-75-77-79-81-83-85-90(93)95-88-89(87-92)96-91(94)86-84-82-80-78-76-74-72-70-68-66-64-62-60-58-56-54-52-50-48-46-44-42-40-38-36-34-32-30-28-26-24-22-20-18-16-14-12-10-8-6-4-2/h15-18,21-24,27-30,89,92H,3-14,19-20,25-26,31-88H2,1-2H3/b17-15-,18-16-,23-21-,24-22-,29-27-,30-28-. The minimum Gasteiger partial charge on any atom is -0.462 e. The van der Waals surface area contributed by atoms with Crippen LogP contribution in [0, 0.1) is 0 Å². The molecule has 0 amide bonds. The van der Waals surface area contributed by atoms with E-state index in [1.807, 2.05) is 0 Å². The van der Waals surface area contributed by atoms with Crippen LogP contribution in [0.5, 0.6) is 0 Å². The lowest BCUT2D eigenvalue weighted by Crippen LogP contribution is -2.28. The van der Waals surface area contributed by atoms with Crippen LogP contribution in [0.3, 0.4) is 0 Å². The van der Waals surface area contributed by atoms with E-state index < -0.39 is 6.10 Å². The van der Waals surface area contributed by atoms with E-state index in [4.69, 9.17) is 9.47 Å². The Labute approximate surface area is 601 Å². The fourth-order valence-corrected chi connectivity index (χ4v) is 13.5. The number of ether oxygens (including phenoxy) is 2. The second-order valence-electron chi connectivity index (χ2n) is 29.6. The van der Waals surface area contributed by atoms with E-state index in [1.165, 1.54) is 392 Å². The summed E-state index contributed by atoms with van der Waals surface area (Å²) in [6.45, 7) is 4.18. The quantitative estimate of drug-likeness (QED) is 0.0373. The summed E-state index contributed by atoms with van der Waals surface area (Å²) < 4.78 is 10.8. The van der Waals surface area contributed by atoms with Gasteiger partial charge in [0, 0.05) is 12.8 Å². The van der Waals surface area contributed by atoms with Crippen molar-refractivity contribution in [2.45, 2.75) is 482 Å². The van der Waals surface area contributed by atoms with E-state index >= 15 is 0 Å². The molecule has 0 bridgehead atoms. The lowest BCUT2D eigenvalue weighted by Gasteiger charge is -2.15. The van der Waals surface area contributed by atoms with Gasteiger partial charge in [-0.25, -0.2) is 0 Å². The molecule has 0 rings (SSSR count). The number of esters is 2. The van der Waals surface area contributed by atoms with Gasteiger partial charge in [-0.05, 0) is 89.9 Å². The molecule has 0 aliphatic carbocycles. The third-order valence-corrected chi connectivity index (χ3v) is 20.0. The predicted molar refractivity (Wildman–Crippen MR) is 427 cm³/mol. The van der Waals surface area contributed by atoms with Gasteiger partial charge < -0.3 is 14.6 Å². The fourth-order valence-electron chi connectivity index (χ4n) is 13.5. The van der Waals surface area contributed by atoms with Crippen molar-refractivity contribution < 1.29 is 24.2 Å². The summed E-state index contributed by atoms with van der Waals surface area (Å²) in [6, 6.07) is 0. The maximum absolute atomic E-state index is 12.4. The molecule has 1 unspecified atom stereocenters. The van der Waals surface area contributed by atoms with Crippen LogP contribution in [0.4, 0.5) is 0 Å². The van der Waals surface area contributed by atoms with Crippen molar-refractivity contribution in [2.24, 2.45) is 0 Å². The van der Waals surface area contributed by atoms with Gasteiger partial charge in [-0.15, -0.1) is 0 Å². The first kappa shape index (κ1) is 93.3. The Morgan fingerprint density at radius 3 is 0.625 bits per heavy atom. The predicted octanol–water partition coefficient (Wildman–Crippen LogP) is 30.9. The molecule has 0 aromatic carbocycles. The second kappa shape index (κ2) is 86.6. The minimum absolute atomic E-state index is 0.0597. The molecule has 0 fully saturated rings. The molecule has 0 aliphatic rings. The van der Waals surface area contributed by atoms with Crippen LogP contribution < -0.4 is 0 Å². The highest BCUT2D eigenvalue weighted by Gasteiger charge is 2.16. The van der Waals surface area contributed by atoms with Gasteiger partial charge in [-0.1, -0.05) is 446 Å². The van der Waals surface area contributed by atoms with E-state index in [9.17, 15) is 14.7 Å². The van der Waals surface area contributed by atoms with Gasteiger partial charge in [0.05, 0.1) is 6.61 Å². The summed E-state index contributed by atoms with van der Waals surface area (Å²) in [6.07, 6.45) is 122. The highest BCUT2D eigenvalue weighted by atomic mass is 16.6. The van der Waals surface area contributed by atoms with Crippen molar-refractivity contribution in [3.05, 3.63) is 72.9 Å². The molecule has 1 atom stereocenters. The molecule has 0 heterocycles. The number of allylic oxidation sites excluding steroid dienone is 12. The number of hydrogen-bond acceptors (Lipinski definition) is 5. The van der Waals surface area contributed by atoms with Gasteiger partial charge in [0.1, 0.15) is 6.61 Å². The van der Waals surface area contributed by atoms with Crippen molar-refractivity contribution >= 4 is 11.9 Å². The van der Waals surface area contributed by atoms with E-state index in [0.29, 0.717) is 12.8 Å². The Balaban J connectivity index is 3.36. The monoisotopic (exact) mass is 1340 g/mol. The second-order valence-corrected chi connectivity index (χ2v) is 29.6. The third-order valence-electron chi connectivity index (χ3n) is 20.0. The van der Waals surface area contributed by atoms with Gasteiger partial charge in [0.2, 0.25) is 0 Å². The molecule has 1 N–H and O–H groups in total. The lowest BCUT2D eigenvalue weighted by molar-refractivity contribution is -0.161. The van der Waals surface area contributed by atoms with Crippen LogP contribution in [0.2, 0.25) is 0 Å². The highest BCUT2D eigenvalue weighted by Crippen LogP contribution is 2.20. The Hall–Kier alpha value is -2.66. The maximum Gasteiger partial charge on any atom is 0.306 e. The number of carbonyl (C=O) groups is 2. The van der Waals surface area contributed by atoms with E-state index in [-0.39, 0.29) is 25.2 Å². The normalized spacial score (nSPS) is 12.5. The van der Waals surface area contributed by atoms with E-state index in [2.05, 4.69) is 86.8 Å². The number of aliphatic hydroxyl groups is 1. The van der Waals surface area contributed by atoms with Crippen molar-refractivity contribution in [3.8, 4) is 0 Å². The molecule has 0 saturated carbocycles. The fraction of sp³-hybridized carbons (Fsp3) is 0.846. The highest BCUT2D eigenvalue weighted by molar-refractivity contribution is 5.70. The smallest absolute Gasteiger partial charge is 0.306 e. The summed E-state index contributed by atoms with van der Waals surface area (Å²) in [5.74, 6) is -0.563. The summed E-state index contributed by atoms with van der Waals surface area (Å²) in [5, 5.41) is 9.75. The largest absolute Gasteiger partial charge is 0.462 e. The third kappa shape index (κ3) is 83.8. The lowest BCUT2D eigenvalue weighted by atomic mass is 10.0. The van der Waals surface area contributed by atoms with Crippen LogP contribution in [0.15, 0.2) is 72.9 Å². The molecular formula is C91H168O5. The molecule has 5 heteroatoms. The molecule has 0 aliphatic heterocycles. The van der Waals surface area contributed by atoms with E-state index in [0.717, 1.165) is 57.8 Å². The zero-order valence-electron chi connectivity index (χ0n) is 64.9. The molecule has 0 aromatic rings. The summed E-state index contributed by atoms with van der Waals surface area (Å²) >= 11 is 0. The molecular weight excluding hydrogens is 1170 g/mol. The zero-order chi connectivity index (χ0) is 69.0. The van der Waals surface area contributed by atoms with Crippen molar-refractivity contribution in [1.29, 1.82) is 0 Å². The van der Waals surface area contributed by atoms with Gasteiger partial charge in [-0.2, -0.15) is 0 Å². The molecule has 0 spiro atoms. The molecule has 0 saturated heterocycles.